The zero-order valence-electron chi connectivity index (χ0n) is 14.4. The van der Waals surface area contributed by atoms with Crippen LogP contribution in [0.3, 0.4) is 0 Å². The van der Waals surface area contributed by atoms with Crippen LogP contribution in [0.4, 0.5) is 17.1 Å². The van der Waals surface area contributed by atoms with E-state index in [0.717, 1.165) is 4.31 Å². The molecule has 0 aliphatic carbocycles. The number of nitrogens with one attached hydrogen (secondary N) is 1. The Morgan fingerprint density at radius 1 is 1.30 bits per heavy atom. The minimum Gasteiger partial charge on any atom is -0.476 e. The van der Waals surface area contributed by atoms with Crippen molar-refractivity contribution >= 4 is 33.0 Å². The van der Waals surface area contributed by atoms with Gasteiger partial charge in [0, 0.05) is 17.8 Å². The highest BCUT2D eigenvalue weighted by Crippen LogP contribution is 2.35. The third kappa shape index (κ3) is 3.85. The number of para-hydroxylation sites is 2. The van der Waals surface area contributed by atoms with E-state index in [1.165, 1.54) is 31.2 Å². The standard InChI is InChI=1S/C17H17N3O6S/c1-2-27(24,25)19-11-16(26-15-9-4-3-8-14(15)19)17(21)18-12-6-5-7-13(10-12)20(22)23/h3-10,16H,2,11H2,1H3,(H,18,21)/t16-/m1/s1. The van der Waals surface area contributed by atoms with E-state index < -0.39 is 27.0 Å². The number of amides is 1. The van der Waals surface area contributed by atoms with E-state index in [9.17, 15) is 23.3 Å². The van der Waals surface area contributed by atoms with E-state index in [1.54, 1.807) is 24.3 Å². The van der Waals surface area contributed by atoms with Gasteiger partial charge in [0.2, 0.25) is 10.0 Å². The van der Waals surface area contributed by atoms with Crippen LogP contribution < -0.4 is 14.4 Å². The number of benzene rings is 2. The van der Waals surface area contributed by atoms with E-state index >= 15 is 0 Å². The summed E-state index contributed by atoms with van der Waals surface area (Å²) in [5.41, 5.74) is 0.429. The molecule has 0 aromatic heterocycles. The summed E-state index contributed by atoms with van der Waals surface area (Å²) in [6, 6.07) is 12.0. The predicted octanol–water partition coefficient (Wildman–Crippen LogP) is 2.15. The molecular weight excluding hydrogens is 374 g/mol. The molecule has 0 bridgehead atoms. The van der Waals surface area contributed by atoms with Crippen molar-refractivity contribution < 1.29 is 22.9 Å². The Labute approximate surface area is 155 Å². The van der Waals surface area contributed by atoms with Gasteiger partial charge in [0.25, 0.3) is 11.6 Å². The van der Waals surface area contributed by atoms with Crippen molar-refractivity contribution in [1.29, 1.82) is 0 Å². The Morgan fingerprint density at radius 2 is 2.04 bits per heavy atom. The number of non-ortho nitro benzene ring substituents is 1. The lowest BCUT2D eigenvalue weighted by atomic mass is 10.2. The van der Waals surface area contributed by atoms with Crippen LogP contribution in [-0.4, -0.2) is 37.6 Å². The quantitative estimate of drug-likeness (QED) is 0.616. The molecular formula is C17H17N3O6S. The number of ether oxygens (including phenoxy) is 1. The van der Waals surface area contributed by atoms with Crippen molar-refractivity contribution in [2.45, 2.75) is 13.0 Å². The van der Waals surface area contributed by atoms with E-state index in [2.05, 4.69) is 5.32 Å². The van der Waals surface area contributed by atoms with Crippen LogP contribution in [0, 0.1) is 10.1 Å². The Kier molecular flexibility index (Phi) is 5.00. The second-order valence-electron chi connectivity index (χ2n) is 5.80. The molecule has 1 atom stereocenters. The summed E-state index contributed by atoms with van der Waals surface area (Å²) in [4.78, 5) is 22.9. The van der Waals surface area contributed by atoms with Crippen LogP contribution in [0.1, 0.15) is 6.92 Å². The maximum Gasteiger partial charge on any atom is 0.271 e. The van der Waals surface area contributed by atoms with E-state index in [1.807, 2.05) is 0 Å². The van der Waals surface area contributed by atoms with Crippen molar-refractivity contribution in [3.8, 4) is 5.75 Å². The summed E-state index contributed by atoms with van der Waals surface area (Å²) in [6.07, 6.45) is -1.10. The molecule has 9 nitrogen and oxygen atoms in total. The van der Waals surface area contributed by atoms with Gasteiger partial charge in [0.05, 0.1) is 22.9 Å². The van der Waals surface area contributed by atoms with E-state index in [4.69, 9.17) is 4.74 Å². The van der Waals surface area contributed by atoms with Crippen LogP contribution in [0.25, 0.3) is 0 Å². The number of sulfonamides is 1. The summed E-state index contributed by atoms with van der Waals surface area (Å²) in [7, 11) is -3.61. The third-order valence-electron chi connectivity index (χ3n) is 4.05. The molecule has 0 saturated heterocycles. The molecule has 142 valence electrons. The van der Waals surface area contributed by atoms with Gasteiger partial charge in [-0.1, -0.05) is 18.2 Å². The molecule has 0 unspecified atom stereocenters. The first kappa shape index (κ1) is 18.6. The molecule has 10 heteroatoms. The molecule has 2 aromatic carbocycles. The molecule has 1 amide bonds. The fourth-order valence-electron chi connectivity index (χ4n) is 2.68. The first-order valence-electron chi connectivity index (χ1n) is 8.13. The van der Waals surface area contributed by atoms with Gasteiger partial charge in [-0.15, -0.1) is 0 Å². The minimum atomic E-state index is -3.61. The maximum atomic E-state index is 12.6. The van der Waals surface area contributed by atoms with Crippen LogP contribution >= 0.6 is 0 Å². The molecule has 3 rings (SSSR count). The van der Waals surface area contributed by atoms with Crippen molar-refractivity contribution in [2.75, 3.05) is 21.9 Å². The zero-order chi connectivity index (χ0) is 19.6. The molecule has 1 heterocycles. The van der Waals surface area contributed by atoms with E-state index in [-0.39, 0.29) is 29.4 Å². The van der Waals surface area contributed by atoms with Crippen molar-refractivity contribution in [3.05, 3.63) is 58.6 Å². The SMILES string of the molecule is CCS(=O)(=O)N1C[C@H](C(=O)Nc2cccc([N+](=O)[O-])c2)Oc2ccccc21. The van der Waals surface area contributed by atoms with Crippen LogP contribution in [0.15, 0.2) is 48.5 Å². The highest BCUT2D eigenvalue weighted by Gasteiger charge is 2.36. The van der Waals surface area contributed by atoms with Gasteiger partial charge in [0.15, 0.2) is 6.10 Å². The van der Waals surface area contributed by atoms with Crippen LogP contribution in [0.2, 0.25) is 0 Å². The number of rotatable bonds is 5. The van der Waals surface area contributed by atoms with E-state index in [0.29, 0.717) is 5.69 Å². The van der Waals surface area contributed by atoms with Gasteiger partial charge in [0.1, 0.15) is 5.75 Å². The van der Waals surface area contributed by atoms with Gasteiger partial charge >= 0.3 is 0 Å². The molecule has 0 saturated carbocycles. The Bertz CT molecular complexity index is 992. The highest BCUT2D eigenvalue weighted by molar-refractivity contribution is 7.92. The van der Waals surface area contributed by atoms with Crippen molar-refractivity contribution in [2.24, 2.45) is 0 Å². The fourth-order valence-corrected chi connectivity index (χ4v) is 3.80. The number of hydrogen-bond donors (Lipinski definition) is 1. The number of nitro benzene ring substituents is 1. The Balaban J connectivity index is 1.86. The summed E-state index contributed by atoms with van der Waals surface area (Å²) < 4.78 is 31.7. The van der Waals surface area contributed by atoms with Crippen LogP contribution in [-0.2, 0) is 14.8 Å². The number of anilines is 2. The zero-order valence-corrected chi connectivity index (χ0v) is 15.2. The first-order valence-corrected chi connectivity index (χ1v) is 9.74. The monoisotopic (exact) mass is 391 g/mol. The number of carbonyl (C=O) groups is 1. The first-order chi connectivity index (χ1) is 12.8. The second-order valence-corrected chi connectivity index (χ2v) is 7.98. The largest absolute Gasteiger partial charge is 0.476 e. The van der Waals surface area contributed by atoms with Crippen molar-refractivity contribution in [1.82, 2.24) is 0 Å². The number of fused-ring (bicyclic) bond motifs is 1. The maximum absolute atomic E-state index is 12.6. The molecule has 1 N–H and O–H groups in total. The fraction of sp³-hybridized carbons (Fsp3) is 0.235. The molecule has 27 heavy (non-hydrogen) atoms. The lowest BCUT2D eigenvalue weighted by molar-refractivity contribution is -0.384. The lowest BCUT2D eigenvalue weighted by Gasteiger charge is -2.34. The van der Waals surface area contributed by atoms with Gasteiger partial charge in [-0.05, 0) is 25.1 Å². The second kappa shape index (κ2) is 7.23. The van der Waals surface area contributed by atoms with Gasteiger partial charge in [-0.3, -0.25) is 19.2 Å². The Morgan fingerprint density at radius 3 is 2.74 bits per heavy atom. The van der Waals surface area contributed by atoms with Gasteiger partial charge < -0.3 is 10.1 Å². The Hall–Kier alpha value is -3.14. The van der Waals surface area contributed by atoms with Crippen LogP contribution in [0.5, 0.6) is 5.75 Å². The van der Waals surface area contributed by atoms with Gasteiger partial charge in [-0.25, -0.2) is 8.42 Å². The average molecular weight is 391 g/mol. The number of hydrogen-bond acceptors (Lipinski definition) is 6. The normalized spacial score (nSPS) is 16.2. The van der Waals surface area contributed by atoms with Crippen molar-refractivity contribution in [3.63, 3.8) is 0 Å². The summed E-state index contributed by atoms with van der Waals surface area (Å²) in [5, 5.41) is 13.4. The molecule has 1 aliphatic heterocycles. The summed E-state index contributed by atoms with van der Waals surface area (Å²) in [6.45, 7) is 1.33. The predicted molar refractivity (Wildman–Crippen MR) is 99.4 cm³/mol. The molecule has 2 aromatic rings. The smallest absolute Gasteiger partial charge is 0.271 e. The summed E-state index contributed by atoms with van der Waals surface area (Å²) >= 11 is 0. The molecule has 0 radical (unpaired) electrons. The highest BCUT2D eigenvalue weighted by atomic mass is 32.2. The molecule has 1 aliphatic rings. The average Bonchev–Trinajstić information content (AvgIpc) is 2.67. The van der Waals surface area contributed by atoms with Gasteiger partial charge in [-0.2, -0.15) is 0 Å². The number of nitrogens with zero attached hydrogens (tertiary/aromatic N) is 2. The summed E-state index contributed by atoms with van der Waals surface area (Å²) in [5.74, 6) is -0.443. The third-order valence-corrected chi connectivity index (χ3v) is 5.80. The lowest BCUT2D eigenvalue weighted by Crippen LogP contribution is -2.49. The molecule has 0 spiro atoms. The topological polar surface area (TPSA) is 119 Å². The molecule has 0 fully saturated rings. The number of carbonyl (C=O) groups excluding carboxylic acids is 1. The number of nitro groups is 1. The minimum absolute atomic E-state index is 0.124.